The second-order valence-corrected chi connectivity index (χ2v) is 10.3. The fraction of sp³-hybridized carbons (Fsp3) is 0.577. The number of ether oxygens (including phenoxy) is 2. The van der Waals surface area contributed by atoms with Gasteiger partial charge in [0.2, 0.25) is 5.91 Å². The molecule has 1 spiro atoms. The van der Waals surface area contributed by atoms with Crippen molar-refractivity contribution in [3.8, 4) is 5.75 Å². The van der Waals surface area contributed by atoms with Crippen molar-refractivity contribution < 1.29 is 19.4 Å². The molecule has 1 amide bonds. The first-order chi connectivity index (χ1) is 14.9. The molecule has 5 heteroatoms. The van der Waals surface area contributed by atoms with Crippen molar-refractivity contribution in [1.82, 2.24) is 5.32 Å². The van der Waals surface area contributed by atoms with Crippen molar-refractivity contribution in [1.29, 1.82) is 0 Å². The molecule has 2 aromatic rings. The first-order valence-electron chi connectivity index (χ1n) is 11.5. The van der Waals surface area contributed by atoms with Gasteiger partial charge >= 0.3 is 0 Å². The van der Waals surface area contributed by atoms with Crippen LogP contribution in [0.3, 0.4) is 0 Å². The number of aromatic hydroxyl groups is 1. The monoisotopic (exact) mass is 423 g/mol. The maximum atomic E-state index is 12.7. The zero-order valence-electron chi connectivity index (χ0n) is 18.7. The Morgan fingerprint density at radius 3 is 2.77 bits per heavy atom. The van der Waals surface area contributed by atoms with Crippen LogP contribution in [0.2, 0.25) is 0 Å². The van der Waals surface area contributed by atoms with Gasteiger partial charge in [-0.2, -0.15) is 0 Å². The van der Waals surface area contributed by atoms with Gasteiger partial charge in [-0.25, -0.2) is 0 Å². The summed E-state index contributed by atoms with van der Waals surface area (Å²) in [5.74, 6) is 1.32. The van der Waals surface area contributed by atoms with Crippen LogP contribution in [-0.2, 0) is 14.3 Å². The van der Waals surface area contributed by atoms with E-state index in [1.807, 2.05) is 24.3 Å². The third-order valence-corrected chi connectivity index (χ3v) is 8.58. The van der Waals surface area contributed by atoms with Crippen LogP contribution < -0.4 is 5.32 Å². The molecule has 5 nitrogen and oxygen atoms in total. The number of fused-ring (bicyclic) bond motifs is 2. The smallest absolute Gasteiger partial charge is 0.222 e. The lowest BCUT2D eigenvalue weighted by molar-refractivity contribution is -0.137. The van der Waals surface area contributed by atoms with Gasteiger partial charge in [-0.05, 0) is 58.9 Å². The molecule has 2 aromatic carbocycles. The highest BCUT2D eigenvalue weighted by atomic mass is 16.5. The SMILES string of the molecule is COCCC(=O)N[C@@H]1C(C)(C)[C@@H]2C[C@@H]3[C@@H](c4ccc(O)c5ccccc45)OCCC31C2. The Kier molecular flexibility index (Phi) is 5.02. The average Bonchev–Trinajstić information content (AvgIpc) is 3.25. The Morgan fingerprint density at radius 1 is 1.23 bits per heavy atom. The summed E-state index contributed by atoms with van der Waals surface area (Å²) < 4.78 is 11.6. The summed E-state index contributed by atoms with van der Waals surface area (Å²) in [7, 11) is 1.63. The number of hydrogen-bond acceptors (Lipinski definition) is 4. The van der Waals surface area contributed by atoms with E-state index in [2.05, 4.69) is 25.2 Å². The molecule has 2 aliphatic carbocycles. The van der Waals surface area contributed by atoms with E-state index in [0.717, 1.165) is 35.6 Å². The minimum atomic E-state index is -0.0151. The number of nitrogens with one attached hydrogen (secondary N) is 1. The van der Waals surface area contributed by atoms with Gasteiger partial charge in [0.15, 0.2) is 0 Å². The number of carbonyl (C=O) groups excluding carboxylic acids is 1. The topological polar surface area (TPSA) is 67.8 Å². The Labute approximate surface area is 184 Å². The molecule has 1 saturated heterocycles. The molecule has 31 heavy (non-hydrogen) atoms. The predicted molar refractivity (Wildman–Crippen MR) is 120 cm³/mol. The first kappa shape index (κ1) is 20.8. The van der Waals surface area contributed by atoms with Crippen molar-refractivity contribution in [2.45, 2.75) is 51.7 Å². The van der Waals surface area contributed by atoms with Crippen LogP contribution in [0.25, 0.3) is 10.8 Å². The number of amides is 1. The number of carbonyl (C=O) groups is 1. The molecule has 2 saturated carbocycles. The molecule has 3 fully saturated rings. The summed E-state index contributed by atoms with van der Waals surface area (Å²) in [6.07, 6.45) is 3.64. The van der Waals surface area contributed by atoms with Crippen molar-refractivity contribution in [3.63, 3.8) is 0 Å². The van der Waals surface area contributed by atoms with Gasteiger partial charge < -0.3 is 19.9 Å². The molecule has 3 aliphatic rings. The van der Waals surface area contributed by atoms with E-state index in [0.29, 0.717) is 37.2 Å². The Bertz CT molecular complexity index is 1000. The number of hydrogen-bond donors (Lipinski definition) is 2. The third kappa shape index (κ3) is 3.08. The molecule has 1 unspecified atom stereocenters. The standard InChI is InChI=1S/C26H33NO4/c1-25(2)16-14-20-23(19-8-9-21(28)18-7-5-4-6-17(18)19)31-13-11-26(20,15-16)24(25)27-22(29)10-12-30-3/h4-9,16,20,23-24,28H,10-15H2,1-3H3,(H,27,29)/t16-,20-,23-,24-,26?/m1/s1. The van der Waals surface area contributed by atoms with Gasteiger partial charge in [0.05, 0.1) is 12.7 Å². The van der Waals surface area contributed by atoms with Crippen LogP contribution in [0.5, 0.6) is 5.75 Å². The molecule has 1 heterocycles. The van der Waals surface area contributed by atoms with Crippen LogP contribution in [-0.4, -0.2) is 37.4 Å². The number of phenolic OH excluding ortho intramolecular Hbond substituents is 1. The Balaban J connectivity index is 1.52. The average molecular weight is 424 g/mol. The quantitative estimate of drug-likeness (QED) is 0.739. The van der Waals surface area contributed by atoms with E-state index in [-0.39, 0.29) is 28.9 Å². The van der Waals surface area contributed by atoms with Crippen LogP contribution in [0.1, 0.15) is 51.2 Å². The van der Waals surface area contributed by atoms with Gasteiger partial charge in [-0.3, -0.25) is 4.79 Å². The fourth-order valence-corrected chi connectivity index (χ4v) is 7.08. The molecule has 0 aromatic heterocycles. The molecule has 0 radical (unpaired) electrons. The summed E-state index contributed by atoms with van der Waals surface area (Å²) in [5, 5.41) is 15.7. The summed E-state index contributed by atoms with van der Waals surface area (Å²) in [6.45, 7) is 5.79. The van der Waals surface area contributed by atoms with E-state index in [9.17, 15) is 9.90 Å². The molecular formula is C26H33NO4. The van der Waals surface area contributed by atoms with Crippen LogP contribution >= 0.6 is 0 Å². The zero-order valence-corrected chi connectivity index (χ0v) is 18.7. The van der Waals surface area contributed by atoms with E-state index in [1.54, 1.807) is 13.2 Å². The van der Waals surface area contributed by atoms with Gasteiger partial charge in [0.25, 0.3) is 0 Å². The first-order valence-corrected chi connectivity index (χ1v) is 11.5. The Hall–Kier alpha value is -2.11. The lowest BCUT2D eigenvalue weighted by Crippen LogP contribution is -2.59. The minimum absolute atomic E-state index is 0.0151. The van der Waals surface area contributed by atoms with Crippen LogP contribution in [0.4, 0.5) is 0 Å². The summed E-state index contributed by atoms with van der Waals surface area (Å²) in [5.41, 5.74) is 1.28. The van der Waals surface area contributed by atoms with E-state index in [1.165, 1.54) is 0 Å². The van der Waals surface area contributed by atoms with Crippen LogP contribution in [0, 0.1) is 22.7 Å². The van der Waals surface area contributed by atoms with E-state index < -0.39 is 0 Å². The lowest BCUT2D eigenvalue weighted by Gasteiger charge is -2.53. The number of rotatable bonds is 5. The third-order valence-electron chi connectivity index (χ3n) is 8.58. The van der Waals surface area contributed by atoms with Crippen molar-refractivity contribution in [2.24, 2.45) is 22.7 Å². The van der Waals surface area contributed by atoms with Gasteiger partial charge in [-0.1, -0.05) is 44.2 Å². The van der Waals surface area contributed by atoms with Crippen molar-refractivity contribution >= 4 is 16.7 Å². The molecule has 2 N–H and O–H groups in total. The summed E-state index contributed by atoms with van der Waals surface area (Å²) in [6, 6.07) is 12.0. The van der Waals surface area contributed by atoms with Gasteiger partial charge in [0, 0.05) is 31.6 Å². The second-order valence-electron chi connectivity index (χ2n) is 10.3. The van der Waals surface area contributed by atoms with Crippen molar-refractivity contribution in [3.05, 3.63) is 42.0 Å². The highest BCUT2D eigenvalue weighted by Gasteiger charge is 2.68. The van der Waals surface area contributed by atoms with Crippen LogP contribution in [0.15, 0.2) is 36.4 Å². The second kappa shape index (κ2) is 7.49. The molecular weight excluding hydrogens is 390 g/mol. The van der Waals surface area contributed by atoms with Gasteiger partial charge in [0.1, 0.15) is 5.75 Å². The number of methoxy groups -OCH3 is 1. The zero-order chi connectivity index (χ0) is 21.8. The van der Waals surface area contributed by atoms with Gasteiger partial charge in [-0.15, -0.1) is 0 Å². The molecule has 2 bridgehead atoms. The maximum Gasteiger partial charge on any atom is 0.222 e. The molecule has 5 atom stereocenters. The molecule has 5 rings (SSSR count). The maximum absolute atomic E-state index is 12.7. The highest BCUT2D eigenvalue weighted by molar-refractivity contribution is 5.91. The van der Waals surface area contributed by atoms with Crippen molar-refractivity contribution in [2.75, 3.05) is 20.3 Å². The van der Waals surface area contributed by atoms with E-state index in [4.69, 9.17) is 9.47 Å². The lowest BCUT2D eigenvalue weighted by atomic mass is 9.58. The molecule has 1 aliphatic heterocycles. The molecule has 166 valence electrons. The highest BCUT2D eigenvalue weighted by Crippen LogP contribution is 2.70. The normalized spacial score (nSPS) is 33.4. The summed E-state index contributed by atoms with van der Waals surface area (Å²) in [4.78, 5) is 12.7. The summed E-state index contributed by atoms with van der Waals surface area (Å²) >= 11 is 0. The predicted octanol–water partition coefficient (Wildman–Crippen LogP) is 4.58. The minimum Gasteiger partial charge on any atom is -0.507 e. The number of benzene rings is 2. The Morgan fingerprint density at radius 2 is 2.00 bits per heavy atom. The number of phenols is 1. The van der Waals surface area contributed by atoms with E-state index >= 15 is 0 Å². The largest absolute Gasteiger partial charge is 0.507 e. The fourth-order valence-electron chi connectivity index (χ4n) is 7.08.